The number of fused-ring (bicyclic) bond motifs is 1. The third-order valence-corrected chi connectivity index (χ3v) is 5.53. The lowest BCUT2D eigenvalue weighted by Crippen LogP contribution is -2.23. The summed E-state index contributed by atoms with van der Waals surface area (Å²) in [5.74, 6) is -0.0247. The molecule has 4 nitrogen and oxygen atoms in total. The van der Waals surface area contributed by atoms with Crippen molar-refractivity contribution in [1.82, 2.24) is 10.3 Å². The van der Waals surface area contributed by atoms with E-state index in [1.54, 1.807) is 25.0 Å². The third-order valence-electron chi connectivity index (χ3n) is 3.14. The number of carbonyl (C=O) groups is 1. The molecule has 0 saturated carbocycles. The molecule has 0 bridgehead atoms. The monoisotopic (exact) mass is 427 g/mol. The van der Waals surface area contributed by atoms with E-state index in [1.165, 1.54) is 0 Å². The fraction of sp³-hybridized carbons (Fsp3) is 0.143. The highest BCUT2D eigenvalue weighted by Crippen LogP contribution is 2.40. The second-order valence-electron chi connectivity index (χ2n) is 4.50. The molecule has 2 heterocycles. The number of hydrogen-bond acceptors (Lipinski definition) is 4. The smallest absolute Gasteiger partial charge is 0.246 e. The number of hydrogen-bond donors (Lipinski definition) is 2. The van der Waals surface area contributed by atoms with E-state index in [2.05, 4.69) is 47.5 Å². The molecule has 1 atom stereocenters. The topological polar surface area (TPSA) is 54.0 Å². The van der Waals surface area contributed by atoms with E-state index in [9.17, 15) is 4.79 Å². The molecule has 1 aromatic heterocycles. The molecule has 2 N–H and O–H groups in total. The zero-order chi connectivity index (χ0) is 15.0. The van der Waals surface area contributed by atoms with Crippen LogP contribution in [0, 0.1) is 0 Å². The van der Waals surface area contributed by atoms with Crippen LogP contribution in [0.15, 0.2) is 49.3 Å². The molecule has 3 rings (SSSR count). The van der Waals surface area contributed by atoms with Gasteiger partial charge in [-0.05, 0) is 63.2 Å². The van der Waals surface area contributed by atoms with Crippen molar-refractivity contribution in [2.24, 2.45) is 0 Å². The number of anilines is 1. The molecular weight excluding hydrogens is 418 g/mol. The predicted molar refractivity (Wildman–Crippen MR) is 90.6 cm³/mol. The predicted octanol–water partition coefficient (Wildman–Crippen LogP) is 3.97. The van der Waals surface area contributed by atoms with Crippen LogP contribution in [0.25, 0.3) is 0 Å². The number of carbonyl (C=O) groups excluding carboxylic acids is 1. The average Bonchev–Trinajstić information content (AvgIpc) is 2.76. The molecule has 1 unspecified atom stereocenters. The van der Waals surface area contributed by atoms with Crippen molar-refractivity contribution in [1.29, 1.82) is 0 Å². The van der Waals surface area contributed by atoms with Gasteiger partial charge in [0.2, 0.25) is 5.91 Å². The number of nitrogens with zero attached hydrogens (tertiary/aromatic N) is 1. The second-order valence-corrected chi connectivity index (χ2v) is 7.33. The maximum atomic E-state index is 11.9. The number of pyridine rings is 1. The molecule has 0 saturated heterocycles. The van der Waals surface area contributed by atoms with Crippen molar-refractivity contribution >= 4 is 55.2 Å². The molecule has 0 aliphatic carbocycles. The lowest BCUT2D eigenvalue weighted by atomic mass is 10.1. The second kappa shape index (κ2) is 6.08. The van der Waals surface area contributed by atoms with Gasteiger partial charge in [0, 0.05) is 31.3 Å². The van der Waals surface area contributed by atoms with Gasteiger partial charge >= 0.3 is 0 Å². The van der Waals surface area contributed by atoms with E-state index < -0.39 is 0 Å². The van der Waals surface area contributed by atoms with E-state index in [-0.39, 0.29) is 11.9 Å². The van der Waals surface area contributed by atoms with Gasteiger partial charge in [0.1, 0.15) is 11.1 Å². The first kappa shape index (κ1) is 15.0. The molecule has 108 valence electrons. The normalized spacial score (nSPS) is 16.7. The van der Waals surface area contributed by atoms with Crippen LogP contribution in [0.5, 0.6) is 0 Å². The van der Waals surface area contributed by atoms with Crippen molar-refractivity contribution in [3.05, 3.63) is 45.0 Å². The summed E-state index contributed by atoms with van der Waals surface area (Å²) in [6, 6.07) is 7.57. The first-order valence-corrected chi connectivity index (χ1v) is 8.59. The molecule has 1 aromatic carbocycles. The molecule has 7 heteroatoms. The first-order valence-electron chi connectivity index (χ1n) is 6.19. The van der Waals surface area contributed by atoms with Crippen LogP contribution in [-0.4, -0.2) is 17.9 Å². The first-order chi connectivity index (χ1) is 10.1. The molecular formula is C14H11Br2N3OS. The highest BCUT2D eigenvalue weighted by Gasteiger charge is 2.30. The van der Waals surface area contributed by atoms with Crippen molar-refractivity contribution in [3.63, 3.8) is 0 Å². The summed E-state index contributed by atoms with van der Waals surface area (Å²) in [4.78, 5) is 17.2. The average molecular weight is 429 g/mol. The lowest BCUT2D eigenvalue weighted by Gasteiger charge is -2.10. The van der Waals surface area contributed by atoms with Crippen LogP contribution >= 0.6 is 43.6 Å². The van der Waals surface area contributed by atoms with Crippen LogP contribution in [0.3, 0.4) is 0 Å². The Kier molecular flexibility index (Phi) is 4.35. The summed E-state index contributed by atoms with van der Waals surface area (Å²) < 4.78 is 1.90. The van der Waals surface area contributed by atoms with Gasteiger partial charge in [0.25, 0.3) is 0 Å². The number of rotatable bonds is 3. The SMILES string of the molecule is CNC1C(=O)Nc2cc(Sc3ccc(Br)cn3)c(Br)cc21. The minimum absolute atomic E-state index is 0.0247. The quantitative estimate of drug-likeness (QED) is 0.776. The minimum Gasteiger partial charge on any atom is -0.324 e. The highest BCUT2D eigenvalue weighted by atomic mass is 79.9. The Morgan fingerprint density at radius 3 is 2.81 bits per heavy atom. The van der Waals surface area contributed by atoms with Crippen molar-refractivity contribution in [2.75, 3.05) is 12.4 Å². The largest absolute Gasteiger partial charge is 0.324 e. The number of amides is 1. The fourth-order valence-corrected chi connectivity index (χ4v) is 3.80. The fourth-order valence-electron chi connectivity index (χ4n) is 2.16. The molecule has 1 aliphatic rings. The molecule has 0 radical (unpaired) electrons. The third kappa shape index (κ3) is 3.01. The maximum absolute atomic E-state index is 11.9. The van der Waals surface area contributed by atoms with Crippen LogP contribution < -0.4 is 10.6 Å². The van der Waals surface area contributed by atoms with Crippen molar-refractivity contribution in [2.45, 2.75) is 16.0 Å². The highest BCUT2D eigenvalue weighted by molar-refractivity contribution is 9.10. The maximum Gasteiger partial charge on any atom is 0.246 e. The summed E-state index contributed by atoms with van der Waals surface area (Å²) >= 11 is 8.49. The van der Waals surface area contributed by atoms with Crippen molar-refractivity contribution < 1.29 is 4.79 Å². The Bertz CT molecular complexity index is 706. The van der Waals surface area contributed by atoms with Crippen LogP contribution in [0.1, 0.15) is 11.6 Å². The van der Waals surface area contributed by atoms with Gasteiger partial charge in [0.15, 0.2) is 0 Å². The zero-order valence-electron chi connectivity index (χ0n) is 11.0. The molecule has 21 heavy (non-hydrogen) atoms. The molecule has 1 amide bonds. The van der Waals surface area contributed by atoms with Gasteiger partial charge in [-0.1, -0.05) is 11.8 Å². The van der Waals surface area contributed by atoms with E-state index in [1.807, 2.05) is 24.3 Å². The molecule has 1 aliphatic heterocycles. The number of aromatic nitrogens is 1. The van der Waals surface area contributed by atoms with Crippen LogP contribution in [-0.2, 0) is 4.79 Å². The van der Waals surface area contributed by atoms with E-state index in [0.29, 0.717) is 0 Å². The Labute approximate surface area is 143 Å². The van der Waals surface area contributed by atoms with Gasteiger partial charge in [-0.2, -0.15) is 0 Å². The summed E-state index contributed by atoms with van der Waals surface area (Å²) in [7, 11) is 1.78. The van der Waals surface area contributed by atoms with Gasteiger partial charge in [-0.3, -0.25) is 4.79 Å². The Balaban J connectivity index is 1.93. The molecule has 0 fully saturated rings. The number of nitrogens with one attached hydrogen (secondary N) is 2. The van der Waals surface area contributed by atoms with Gasteiger partial charge in [-0.15, -0.1) is 0 Å². The number of likely N-dealkylation sites (N-methyl/N-ethyl adjacent to an activating group) is 1. The summed E-state index contributed by atoms with van der Waals surface area (Å²) in [6.45, 7) is 0. The summed E-state index contributed by atoms with van der Waals surface area (Å²) in [6.07, 6.45) is 1.77. The Morgan fingerprint density at radius 1 is 1.33 bits per heavy atom. The van der Waals surface area contributed by atoms with Crippen LogP contribution in [0.4, 0.5) is 5.69 Å². The number of benzene rings is 1. The molecule has 0 spiro atoms. The summed E-state index contributed by atoms with van der Waals surface area (Å²) in [5, 5.41) is 6.81. The van der Waals surface area contributed by atoms with E-state index in [0.717, 1.165) is 30.1 Å². The minimum atomic E-state index is -0.291. The van der Waals surface area contributed by atoms with Gasteiger partial charge < -0.3 is 10.6 Å². The zero-order valence-corrected chi connectivity index (χ0v) is 15.0. The van der Waals surface area contributed by atoms with Crippen LogP contribution in [0.2, 0.25) is 0 Å². The standard InChI is InChI=1S/C14H11Br2N3OS/c1-17-13-8-4-9(16)11(5-10(8)19-14(13)20)21-12-3-2-7(15)6-18-12/h2-6,13,17H,1H3,(H,19,20). The Morgan fingerprint density at radius 2 is 2.14 bits per heavy atom. The van der Waals surface area contributed by atoms with E-state index in [4.69, 9.17) is 0 Å². The van der Waals surface area contributed by atoms with E-state index >= 15 is 0 Å². The molecule has 2 aromatic rings. The summed E-state index contributed by atoms with van der Waals surface area (Å²) in [5.41, 5.74) is 1.81. The number of halogens is 2. The van der Waals surface area contributed by atoms with Gasteiger partial charge in [-0.25, -0.2) is 4.98 Å². The van der Waals surface area contributed by atoms with Gasteiger partial charge in [0.05, 0.1) is 0 Å². The Hall–Kier alpha value is -0.890. The lowest BCUT2D eigenvalue weighted by molar-refractivity contribution is -0.117. The van der Waals surface area contributed by atoms with Crippen molar-refractivity contribution in [3.8, 4) is 0 Å².